The van der Waals surface area contributed by atoms with E-state index >= 15 is 0 Å². The number of hydrogen-bond acceptors (Lipinski definition) is 7. The Bertz CT molecular complexity index is 1640. The minimum Gasteiger partial charge on any atom is -0.497 e. The van der Waals surface area contributed by atoms with Crippen LogP contribution in [0.1, 0.15) is 17.0 Å². The molecule has 0 spiro atoms. The van der Waals surface area contributed by atoms with Crippen molar-refractivity contribution in [2.75, 3.05) is 13.7 Å². The Hall–Kier alpha value is -5.65. The Morgan fingerprint density at radius 3 is 2.45 bits per heavy atom. The molecule has 0 radical (unpaired) electrons. The Balaban J connectivity index is 1.33. The van der Waals surface area contributed by atoms with E-state index in [0.717, 1.165) is 5.56 Å². The fraction of sp³-hybridized carbons (Fsp3) is 0.167. The molecule has 0 aliphatic rings. The molecular weight excluding hydrogens is 542 g/mol. The number of carbonyl (C=O) groups is 3. The van der Waals surface area contributed by atoms with Gasteiger partial charge in [0.05, 0.1) is 18.0 Å². The smallest absolute Gasteiger partial charge is 0.413 e. The molecule has 3 amide bonds. The van der Waals surface area contributed by atoms with E-state index < -0.39 is 23.7 Å². The standard InChI is InChI=1S/C30H29N5O7/c1-41-21-10-12-22(13-11-21)42-30(40)34-25(28(37)38)17-26-33-24-14-9-19(16-23(24)27(36)35-26)8-5-15-31-29(39)32-18-20-6-3-2-4-7-20/h2-14,16,25H,15,17-18H2,1H3,(H,34,40)(H,37,38)(H2,31,32,39)(H,33,35,36)/b8-5+/t25-/m0/s1. The molecule has 0 aliphatic carbocycles. The lowest BCUT2D eigenvalue weighted by Gasteiger charge is -2.14. The third-order valence-electron chi connectivity index (χ3n) is 6.02. The summed E-state index contributed by atoms with van der Waals surface area (Å²) in [5.74, 6) is -0.482. The molecule has 216 valence electrons. The molecule has 12 heteroatoms. The highest BCUT2D eigenvalue weighted by Crippen LogP contribution is 2.17. The van der Waals surface area contributed by atoms with Gasteiger partial charge in [-0.1, -0.05) is 48.6 Å². The van der Waals surface area contributed by atoms with Crippen molar-refractivity contribution in [1.82, 2.24) is 25.9 Å². The van der Waals surface area contributed by atoms with Crippen LogP contribution in [0.4, 0.5) is 9.59 Å². The lowest BCUT2D eigenvalue weighted by molar-refractivity contribution is -0.139. The van der Waals surface area contributed by atoms with Crippen LogP contribution in [-0.2, 0) is 17.8 Å². The average molecular weight is 572 g/mol. The molecule has 0 bridgehead atoms. The summed E-state index contributed by atoms with van der Waals surface area (Å²) in [6.45, 7) is 0.687. The summed E-state index contributed by atoms with van der Waals surface area (Å²) in [6, 6.07) is 19.0. The molecular formula is C30H29N5O7. The number of aliphatic carboxylic acids is 1. The zero-order valence-electron chi connectivity index (χ0n) is 22.6. The van der Waals surface area contributed by atoms with Crippen LogP contribution in [0.5, 0.6) is 11.5 Å². The van der Waals surface area contributed by atoms with Crippen molar-refractivity contribution in [3.8, 4) is 11.5 Å². The summed E-state index contributed by atoms with van der Waals surface area (Å²) in [5.41, 5.74) is 1.59. The van der Waals surface area contributed by atoms with Gasteiger partial charge in [0.2, 0.25) is 0 Å². The number of carbonyl (C=O) groups excluding carboxylic acids is 2. The fourth-order valence-corrected chi connectivity index (χ4v) is 3.91. The van der Waals surface area contributed by atoms with Crippen molar-refractivity contribution >= 4 is 35.1 Å². The molecule has 0 saturated heterocycles. The number of H-pyrrole nitrogens is 1. The summed E-state index contributed by atoms with van der Waals surface area (Å²) >= 11 is 0. The van der Waals surface area contributed by atoms with Crippen molar-refractivity contribution in [1.29, 1.82) is 0 Å². The summed E-state index contributed by atoms with van der Waals surface area (Å²) in [4.78, 5) is 55.8. The van der Waals surface area contributed by atoms with Gasteiger partial charge >= 0.3 is 18.1 Å². The van der Waals surface area contributed by atoms with Gasteiger partial charge in [-0.3, -0.25) is 4.79 Å². The van der Waals surface area contributed by atoms with Crippen LogP contribution in [0.25, 0.3) is 17.0 Å². The van der Waals surface area contributed by atoms with Crippen LogP contribution >= 0.6 is 0 Å². The number of aromatic amines is 1. The molecule has 12 nitrogen and oxygen atoms in total. The van der Waals surface area contributed by atoms with Gasteiger partial charge in [-0.05, 0) is 47.5 Å². The Morgan fingerprint density at radius 2 is 1.74 bits per heavy atom. The Labute approximate surface area is 240 Å². The third-order valence-corrected chi connectivity index (χ3v) is 6.02. The molecule has 4 rings (SSSR count). The Kier molecular flexibility index (Phi) is 9.86. The third kappa shape index (κ3) is 8.42. The van der Waals surface area contributed by atoms with E-state index in [2.05, 4.69) is 25.9 Å². The molecule has 0 aliphatic heterocycles. The van der Waals surface area contributed by atoms with Gasteiger partial charge in [0.25, 0.3) is 5.56 Å². The SMILES string of the molecule is COc1ccc(OC(=O)N[C@@H](Cc2nc3ccc(/C=C/CNC(=O)NCc4ccccc4)cc3c(=O)[nH]2)C(=O)O)cc1. The van der Waals surface area contributed by atoms with E-state index in [4.69, 9.17) is 9.47 Å². The first kappa shape index (κ1) is 29.3. The second kappa shape index (κ2) is 14.1. The fourth-order valence-electron chi connectivity index (χ4n) is 3.91. The molecule has 1 aromatic heterocycles. The predicted octanol–water partition coefficient (Wildman–Crippen LogP) is 3.23. The zero-order chi connectivity index (χ0) is 29.9. The van der Waals surface area contributed by atoms with Gasteiger partial charge < -0.3 is 35.5 Å². The number of benzene rings is 3. The maximum atomic E-state index is 12.8. The van der Waals surface area contributed by atoms with Gasteiger partial charge in [0.1, 0.15) is 23.4 Å². The van der Waals surface area contributed by atoms with Crippen LogP contribution in [0.15, 0.2) is 83.7 Å². The van der Waals surface area contributed by atoms with Gasteiger partial charge in [-0.15, -0.1) is 0 Å². The predicted molar refractivity (Wildman–Crippen MR) is 155 cm³/mol. The summed E-state index contributed by atoms with van der Waals surface area (Å²) in [7, 11) is 1.50. The summed E-state index contributed by atoms with van der Waals surface area (Å²) in [5, 5.41) is 17.7. The van der Waals surface area contributed by atoms with Crippen LogP contribution in [-0.4, -0.2) is 52.9 Å². The lowest BCUT2D eigenvalue weighted by atomic mass is 10.1. The molecule has 3 aromatic carbocycles. The van der Waals surface area contributed by atoms with Crippen molar-refractivity contribution in [3.05, 3.63) is 106 Å². The van der Waals surface area contributed by atoms with Crippen LogP contribution in [0.2, 0.25) is 0 Å². The van der Waals surface area contributed by atoms with E-state index in [9.17, 15) is 24.3 Å². The number of methoxy groups -OCH3 is 1. The number of carboxylic acid groups (broad SMARTS) is 1. The van der Waals surface area contributed by atoms with E-state index in [1.165, 1.54) is 19.2 Å². The maximum Gasteiger partial charge on any atom is 0.413 e. The molecule has 1 heterocycles. The second-order valence-electron chi connectivity index (χ2n) is 9.05. The number of nitrogens with zero attached hydrogens (tertiary/aromatic N) is 1. The lowest BCUT2D eigenvalue weighted by Crippen LogP contribution is -2.44. The first-order valence-electron chi connectivity index (χ1n) is 12.9. The number of amides is 3. The van der Waals surface area contributed by atoms with Crippen LogP contribution in [0.3, 0.4) is 0 Å². The van der Waals surface area contributed by atoms with Crippen molar-refractivity contribution in [3.63, 3.8) is 0 Å². The maximum absolute atomic E-state index is 12.8. The van der Waals surface area contributed by atoms with Crippen LogP contribution in [0, 0.1) is 0 Å². The monoisotopic (exact) mass is 571 g/mol. The first-order valence-corrected chi connectivity index (χ1v) is 12.9. The number of nitrogens with one attached hydrogen (secondary N) is 4. The van der Waals surface area contributed by atoms with Crippen molar-refractivity contribution in [2.24, 2.45) is 0 Å². The van der Waals surface area contributed by atoms with Gasteiger partial charge in [-0.2, -0.15) is 0 Å². The highest BCUT2D eigenvalue weighted by molar-refractivity contribution is 5.82. The minimum atomic E-state index is -1.41. The van der Waals surface area contributed by atoms with Crippen LogP contribution < -0.4 is 31.0 Å². The zero-order valence-corrected chi connectivity index (χ0v) is 22.6. The number of rotatable bonds is 11. The number of ether oxygens (including phenoxy) is 2. The second-order valence-corrected chi connectivity index (χ2v) is 9.05. The van der Waals surface area contributed by atoms with Crippen molar-refractivity contribution in [2.45, 2.75) is 19.0 Å². The average Bonchev–Trinajstić information content (AvgIpc) is 2.99. The van der Waals surface area contributed by atoms with E-state index in [1.807, 2.05) is 30.3 Å². The van der Waals surface area contributed by atoms with Gasteiger partial charge in [0.15, 0.2) is 0 Å². The van der Waals surface area contributed by atoms with Gasteiger partial charge in [-0.25, -0.2) is 19.4 Å². The summed E-state index contributed by atoms with van der Waals surface area (Å²) < 4.78 is 10.2. The first-order chi connectivity index (χ1) is 20.3. The van der Waals surface area contributed by atoms with E-state index in [-0.39, 0.29) is 30.6 Å². The highest BCUT2D eigenvalue weighted by Gasteiger charge is 2.23. The molecule has 0 saturated carbocycles. The topological polar surface area (TPSA) is 172 Å². The normalized spacial score (nSPS) is 11.5. The quantitative estimate of drug-likeness (QED) is 0.183. The molecule has 5 N–H and O–H groups in total. The number of urea groups is 1. The van der Waals surface area contributed by atoms with Gasteiger partial charge in [0, 0.05) is 19.5 Å². The summed E-state index contributed by atoms with van der Waals surface area (Å²) in [6.07, 6.45) is 2.24. The molecule has 0 fully saturated rings. The Morgan fingerprint density at radius 1 is 1.00 bits per heavy atom. The van der Waals surface area contributed by atoms with Crippen molar-refractivity contribution < 1.29 is 29.0 Å². The molecule has 0 unspecified atom stereocenters. The number of fused-ring (bicyclic) bond motifs is 1. The van der Waals surface area contributed by atoms with E-state index in [1.54, 1.807) is 42.5 Å². The molecule has 1 atom stereocenters. The number of aromatic nitrogens is 2. The largest absolute Gasteiger partial charge is 0.497 e. The number of carboxylic acids is 1. The minimum absolute atomic E-state index is 0.0821. The molecule has 4 aromatic rings. The number of hydrogen-bond donors (Lipinski definition) is 5. The molecule has 42 heavy (non-hydrogen) atoms. The highest BCUT2D eigenvalue weighted by atomic mass is 16.6. The van der Waals surface area contributed by atoms with E-state index in [0.29, 0.717) is 28.8 Å².